The predicted octanol–water partition coefficient (Wildman–Crippen LogP) is 4.11. The maximum atomic E-state index is 13.2. The molecule has 1 heterocycles. The third kappa shape index (κ3) is 4.90. The Morgan fingerprint density at radius 3 is 2.52 bits per heavy atom. The molecule has 1 aromatic heterocycles. The molecule has 140 valence electrons. The minimum absolute atomic E-state index is 0.0997. The Hall–Kier alpha value is -2.77. The van der Waals surface area contributed by atoms with E-state index in [2.05, 4.69) is 9.71 Å². The molecule has 5 nitrogen and oxygen atoms in total. The maximum Gasteiger partial charge on any atom is 0.240 e. The van der Waals surface area contributed by atoms with Gasteiger partial charge in [0.1, 0.15) is 11.6 Å². The molecule has 3 rings (SSSR count). The number of pyridine rings is 1. The highest BCUT2D eigenvalue weighted by Gasteiger charge is 2.14. The van der Waals surface area contributed by atoms with Crippen molar-refractivity contribution in [2.45, 2.75) is 25.3 Å². The summed E-state index contributed by atoms with van der Waals surface area (Å²) in [5.41, 5.74) is 2.62. The Balaban J connectivity index is 1.65. The van der Waals surface area contributed by atoms with Crippen LogP contribution < -0.4 is 9.46 Å². The lowest BCUT2D eigenvalue weighted by atomic mass is 10.1. The molecule has 0 fully saturated rings. The largest absolute Gasteiger partial charge is 0.439 e. The van der Waals surface area contributed by atoms with Crippen molar-refractivity contribution < 1.29 is 17.5 Å². The van der Waals surface area contributed by atoms with Crippen LogP contribution >= 0.6 is 0 Å². The van der Waals surface area contributed by atoms with E-state index in [0.29, 0.717) is 17.2 Å². The number of sulfonamides is 1. The van der Waals surface area contributed by atoms with Gasteiger partial charge in [0.15, 0.2) is 0 Å². The summed E-state index contributed by atoms with van der Waals surface area (Å²) in [6.45, 7) is 3.90. The van der Waals surface area contributed by atoms with Gasteiger partial charge >= 0.3 is 0 Å². The topological polar surface area (TPSA) is 68.3 Å². The molecule has 3 aromatic rings. The van der Waals surface area contributed by atoms with Crippen LogP contribution in [0.5, 0.6) is 11.6 Å². The molecule has 0 saturated carbocycles. The average molecular weight is 386 g/mol. The fourth-order valence-corrected chi connectivity index (χ4v) is 3.47. The van der Waals surface area contributed by atoms with Gasteiger partial charge in [-0.25, -0.2) is 22.5 Å². The molecule has 0 aliphatic heterocycles. The Morgan fingerprint density at radius 2 is 1.85 bits per heavy atom. The van der Waals surface area contributed by atoms with Crippen LogP contribution in [0.25, 0.3) is 0 Å². The second-order valence-corrected chi connectivity index (χ2v) is 7.90. The van der Waals surface area contributed by atoms with Crippen LogP contribution in [0.3, 0.4) is 0 Å². The van der Waals surface area contributed by atoms with Crippen molar-refractivity contribution in [3.05, 3.63) is 83.3 Å². The van der Waals surface area contributed by atoms with Crippen LogP contribution in [0.15, 0.2) is 65.7 Å². The Labute approximate surface area is 157 Å². The first-order valence-electron chi connectivity index (χ1n) is 8.29. The minimum Gasteiger partial charge on any atom is -0.439 e. The standard InChI is InChI=1S/C20H19FN2O3S/c1-14-6-8-19(10-15(14)2)27(24,25)23-13-16-7-9-20(22-12-16)26-18-5-3-4-17(21)11-18/h3-12,23H,13H2,1-2H3. The highest BCUT2D eigenvalue weighted by Crippen LogP contribution is 2.20. The van der Waals surface area contributed by atoms with Gasteiger partial charge in [-0.15, -0.1) is 0 Å². The van der Waals surface area contributed by atoms with E-state index < -0.39 is 15.8 Å². The summed E-state index contributed by atoms with van der Waals surface area (Å²) in [7, 11) is -3.61. The van der Waals surface area contributed by atoms with Crippen molar-refractivity contribution in [3.63, 3.8) is 0 Å². The summed E-state index contributed by atoms with van der Waals surface area (Å²) in [5, 5.41) is 0. The number of aryl methyl sites for hydroxylation is 2. The van der Waals surface area contributed by atoms with Gasteiger partial charge in [-0.05, 0) is 54.8 Å². The van der Waals surface area contributed by atoms with E-state index >= 15 is 0 Å². The maximum absolute atomic E-state index is 13.2. The highest BCUT2D eigenvalue weighted by molar-refractivity contribution is 7.89. The SMILES string of the molecule is Cc1ccc(S(=O)(=O)NCc2ccc(Oc3cccc(F)c3)nc2)cc1C. The fourth-order valence-electron chi connectivity index (χ4n) is 2.37. The fraction of sp³-hybridized carbons (Fsp3) is 0.150. The lowest BCUT2D eigenvalue weighted by Crippen LogP contribution is -2.23. The number of aromatic nitrogens is 1. The van der Waals surface area contributed by atoms with Gasteiger partial charge in [-0.1, -0.05) is 18.2 Å². The minimum atomic E-state index is -3.61. The van der Waals surface area contributed by atoms with Gasteiger partial charge < -0.3 is 4.74 Å². The number of nitrogens with one attached hydrogen (secondary N) is 1. The third-order valence-electron chi connectivity index (χ3n) is 4.07. The Morgan fingerprint density at radius 1 is 1.04 bits per heavy atom. The average Bonchev–Trinajstić information content (AvgIpc) is 2.63. The van der Waals surface area contributed by atoms with Gasteiger partial charge in [-0.3, -0.25) is 0 Å². The lowest BCUT2D eigenvalue weighted by molar-refractivity contribution is 0.457. The number of hydrogen-bond donors (Lipinski definition) is 1. The molecule has 27 heavy (non-hydrogen) atoms. The van der Waals surface area contributed by atoms with Crippen molar-refractivity contribution in [2.75, 3.05) is 0 Å². The van der Waals surface area contributed by atoms with Crippen LogP contribution in [0.1, 0.15) is 16.7 Å². The molecule has 1 N–H and O–H groups in total. The summed E-state index contributed by atoms with van der Waals surface area (Å²) in [4.78, 5) is 4.35. The van der Waals surface area contributed by atoms with Gasteiger partial charge in [-0.2, -0.15) is 0 Å². The lowest BCUT2D eigenvalue weighted by Gasteiger charge is -2.09. The molecule has 0 spiro atoms. The van der Waals surface area contributed by atoms with Crippen LogP contribution in [0.4, 0.5) is 4.39 Å². The van der Waals surface area contributed by atoms with E-state index in [1.165, 1.54) is 18.3 Å². The Bertz CT molecular complexity index is 1050. The van der Waals surface area contributed by atoms with Crippen LogP contribution in [-0.2, 0) is 16.6 Å². The summed E-state index contributed by atoms with van der Waals surface area (Å²) in [6, 6.07) is 14.1. The van der Waals surface area contributed by atoms with E-state index in [4.69, 9.17) is 4.74 Å². The van der Waals surface area contributed by atoms with Crippen molar-refractivity contribution in [1.82, 2.24) is 9.71 Å². The normalized spacial score (nSPS) is 11.4. The quantitative estimate of drug-likeness (QED) is 0.692. The molecular formula is C20H19FN2O3S. The van der Waals surface area contributed by atoms with Crippen molar-refractivity contribution >= 4 is 10.0 Å². The van der Waals surface area contributed by atoms with E-state index in [-0.39, 0.29) is 11.4 Å². The molecule has 0 aliphatic rings. The smallest absolute Gasteiger partial charge is 0.240 e. The molecule has 7 heteroatoms. The summed E-state index contributed by atoms with van der Waals surface area (Å²) in [5.74, 6) is 0.233. The number of hydrogen-bond acceptors (Lipinski definition) is 4. The van der Waals surface area contributed by atoms with Gasteiger partial charge in [0.2, 0.25) is 15.9 Å². The first-order valence-corrected chi connectivity index (χ1v) is 9.77. The van der Waals surface area contributed by atoms with Gasteiger partial charge in [0, 0.05) is 24.9 Å². The zero-order valence-electron chi connectivity index (χ0n) is 14.9. The van der Waals surface area contributed by atoms with E-state index in [1.54, 1.807) is 42.5 Å². The van der Waals surface area contributed by atoms with E-state index in [0.717, 1.165) is 11.1 Å². The Kier molecular flexibility index (Phi) is 5.53. The van der Waals surface area contributed by atoms with Crippen molar-refractivity contribution in [3.8, 4) is 11.6 Å². The molecule has 0 saturated heterocycles. The predicted molar refractivity (Wildman–Crippen MR) is 101 cm³/mol. The van der Waals surface area contributed by atoms with Crippen LogP contribution in [0, 0.1) is 19.7 Å². The van der Waals surface area contributed by atoms with Crippen LogP contribution in [-0.4, -0.2) is 13.4 Å². The zero-order chi connectivity index (χ0) is 19.4. The highest BCUT2D eigenvalue weighted by atomic mass is 32.2. The van der Waals surface area contributed by atoms with Crippen LogP contribution in [0.2, 0.25) is 0 Å². The molecule has 0 radical (unpaired) electrons. The number of ether oxygens (including phenoxy) is 1. The zero-order valence-corrected chi connectivity index (χ0v) is 15.8. The van der Waals surface area contributed by atoms with Gasteiger partial charge in [0.05, 0.1) is 4.90 Å². The number of nitrogens with zero attached hydrogens (tertiary/aromatic N) is 1. The monoisotopic (exact) mass is 386 g/mol. The molecule has 0 aliphatic carbocycles. The number of benzene rings is 2. The summed E-state index contributed by atoms with van der Waals surface area (Å²) < 4.78 is 46.0. The third-order valence-corrected chi connectivity index (χ3v) is 5.47. The molecule has 0 bridgehead atoms. The van der Waals surface area contributed by atoms with Crippen molar-refractivity contribution in [1.29, 1.82) is 0 Å². The number of halogens is 1. The molecule has 2 aromatic carbocycles. The molecule has 0 amide bonds. The van der Waals surface area contributed by atoms with E-state index in [9.17, 15) is 12.8 Å². The molecular weight excluding hydrogens is 367 g/mol. The molecule has 0 unspecified atom stereocenters. The van der Waals surface area contributed by atoms with E-state index in [1.807, 2.05) is 13.8 Å². The number of rotatable bonds is 6. The molecule has 0 atom stereocenters. The summed E-state index contributed by atoms with van der Waals surface area (Å²) >= 11 is 0. The van der Waals surface area contributed by atoms with Gasteiger partial charge in [0.25, 0.3) is 0 Å². The summed E-state index contributed by atoms with van der Waals surface area (Å²) in [6.07, 6.45) is 1.51. The second-order valence-electron chi connectivity index (χ2n) is 6.13. The second kappa shape index (κ2) is 7.85. The first-order chi connectivity index (χ1) is 12.8. The first kappa shape index (κ1) is 19.0. The van der Waals surface area contributed by atoms with Crippen molar-refractivity contribution in [2.24, 2.45) is 0 Å².